The summed E-state index contributed by atoms with van der Waals surface area (Å²) in [5.74, 6) is 1.06. The van der Waals surface area contributed by atoms with Crippen LogP contribution in [0.4, 0.5) is 0 Å². The number of hydrogen-bond acceptors (Lipinski definition) is 3. The highest BCUT2D eigenvalue weighted by atomic mass is 16.4. The summed E-state index contributed by atoms with van der Waals surface area (Å²) >= 11 is 0. The van der Waals surface area contributed by atoms with E-state index in [1.807, 2.05) is 12.1 Å². The van der Waals surface area contributed by atoms with Gasteiger partial charge in [-0.2, -0.15) is 0 Å². The number of nitrogens with one attached hydrogen (secondary N) is 1. The van der Waals surface area contributed by atoms with Gasteiger partial charge in [0.1, 0.15) is 6.54 Å². The number of carbonyl (C=O) groups excluding carboxylic acids is 2. The van der Waals surface area contributed by atoms with Crippen LogP contribution in [0.15, 0.2) is 24.3 Å². The minimum atomic E-state index is -1.04. The molecule has 0 aliphatic heterocycles. The number of carboxylic acids is 1. The van der Waals surface area contributed by atoms with Crippen LogP contribution in [0, 0.1) is 23.2 Å². The normalized spacial score (nSPS) is 30.1. The molecular weight excluding hydrogens is 356 g/mol. The molecule has 1 aromatic carbocycles. The van der Waals surface area contributed by atoms with E-state index >= 15 is 0 Å². The lowest BCUT2D eigenvalue weighted by molar-refractivity contribution is -0.146. The average molecular weight is 384 g/mol. The minimum absolute atomic E-state index is 0.149. The second kappa shape index (κ2) is 7.22. The van der Waals surface area contributed by atoms with Crippen molar-refractivity contribution in [3.63, 3.8) is 0 Å². The van der Waals surface area contributed by atoms with Crippen LogP contribution in [-0.2, 0) is 16.1 Å². The van der Waals surface area contributed by atoms with Crippen LogP contribution in [0.5, 0.6) is 0 Å². The van der Waals surface area contributed by atoms with Gasteiger partial charge in [0.2, 0.25) is 5.91 Å². The SMILES string of the molecule is CN(CC(=O)O)C(=O)c1ccc(CNC(=O)C23CC4CC(CC(C4)C2)C3)cc1. The van der Waals surface area contributed by atoms with Crippen molar-refractivity contribution in [3.8, 4) is 0 Å². The van der Waals surface area contributed by atoms with Crippen molar-refractivity contribution in [2.75, 3.05) is 13.6 Å². The fraction of sp³-hybridized carbons (Fsp3) is 0.591. The second-order valence-electron chi connectivity index (χ2n) is 9.13. The molecule has 5 rings (SSSR count). The maximum absolute atomic E-state index is 13.0. The number of carbonyl (C=O) groups is 3. The molecule has 0 radical (unpaired) electrons. The fourth-order valence-electron chi connectivity index (χ4n) is 6.02. The van der Waals surface area contributed by atoms with Crippen molar-refractivity contribution < 1.29 is 19.5 Å². The van der Waals surface area contributed by atoms with Crippen molar-refractivity contribution >= 4 is 17.8 Å². The molecule has 6 heteroatoms. The molecule has 4 fully saturated rings. The summed E-state index contributed by atoms with van der Waals surface area (Å²) < 4.78 is 0. The standard InChI is InChI=1S/C22H28N2O4/c1-24(13-19(25)26)20(27)18-4-2-14(3-5-18)12-23-21(28)22-9-15-6-16(10-22)8-17(7-15)11-22/h2-5,15-17H,6-13H2,1H3,(H,23,28)(H,25,26). The van der Waals surface area contributed by atoms with E-state index in [2.05, 4.69) is 5.32 Å². The molecular formula is C22H28N2O4. The van der Waals surface area contributed by atoms with Crippen molar-refractivity contribution in [2.45, 2.75) is 45.1 Å². The summed E-state index contributed by atoms with van der Waals surface area (Å²) in [5, 5.41) is 11.9. The molecule has 2 amide bonds. The first-order chi connectivity index (χ1) is 13.3. The highest BCUT2D eigenvalue weighted by molar-refractivity contribution is 5.95. The lowest BCUT2D eigenvalue weighted by Crippen LogP contribution is -2.53. The van der Waals surface area contributed by atoms with E-state index in [1.165, 1.54) is 31.2 Å². The zero-order valence-corrected chi connectivity index (χ0v) is 16.3. The van der Waals surface area contributed by atoms with Gasteiger partial charge in [-0.25, -0.2) is 0 Å². The lowest BCUT2D eigenvalue weighted by atomic mass is 9.49. The molecule has 0 saturated heterocycles. The number of rotatable bonds is 6. The molecule has 4 aliphatic carbocycles. The summed E-state index contributed by atoms with van der Waals surface area (Å²) in [6.07, 6.45) is 7.10. The van der Waals surface area contributed by atoms with Crippen molar-refractivity contribution in [3.05, 3.63) is 35.4 Å². The van der Waals surface area contributed by atoms with Gasteiger partial charge in [-0.15, -0.1) is 0 Å². The first-order valence-electron chi connectivity index (χ1n) is 10.2. The highest BCUT2D eigenvalue weighted by Crippen LogP contribution is 2.60. The van der Waals surface area contributed by atoms with E-state index in [4.69, 9.17) is 5.11 Å². The Hall–Kier alpha value is -2.37. The molecule has 28 heavy (non-hydrogen) atoms. The number of aliphatic carboxylic acids is 1. The highest BCUT2D eigenvalue weighted by Gasteiger charge is 2.54. The largest absolute Gasteiger partial charge is 0.480 e. The summed E-state index contributed by atoms with van der Waals surface area (Å²) in [5.41, 5.74) is 1.24. The van der Waals surface area contributed by atoms with Gasteiger partial charge in [-0.1, -0.05) is 12.1 Å². The average Bonchev–Trinajstić information content (AvgIpc) is 2.64. The molecule has 2 N–H and O–H groups in total. The van der Waals surface area contributed by atoms with Crippen LogP contribution in [0.2, 0.25) is 0 Å². The molecule has 0 spiro atoms. The Morgan fingerprint density at radius 3 is 2.07 bits per heavy atom. The van der Waals surface area contributed by atoms with Crippen molar-refractivity contribution in [2.24, 2.45) is 23.2 Å². The maximum atomic E-state index is 13.0. The van der Waals surface area contributed by atoms with Crippen LogP contribution in [-0.4, -0.2) is 41.4 Å². The summed E-state index contributed by atoms with van der Waals surface area (Å²) in [6, 6.07) is 7.02. The van der Waals surface area contributed by atoms with E-state index in [1.54, 1.807) is 12.1 Å². The van der Waals surface area contributed by atoms with E-state index in [9.17, 15) is 14.4 Å². The van der Waals surface area contributed by atoms with Crippen LogP contribution < -0.4 is 5.32 Å². The minimum Gasteiger partial charge on any atom is -0.480 e. The number of hydrogen-bond donors (Lipinski definition) is 2. The van der Waals surface area contributed by atoms with Gasteiger partial charge in [0.05, 0.1) is 0 Å². The first-order valence-corrected chi connectivity index (χ1v) is 10.2. The second-order valence-corrected chi connectivity index (χ2v) is 9.13. The number of amides is 2. The van der Waals surface area contributed by atoms with E-state index < -0.39 is 5.97 Å². The van der Waals surface area contributed by atoms with E-state index in [-0.39, 0.29) is 23.8 Å². The van der Waals surface area contributed by atoms with E-state index in [0.29, 0.717) is 12.1 Å². The Kier molecular flexibility index (Phi) is 4.89. The summed E-state index contributed by atoms with van der Waals surface area (Å²) in [4.78, 5) is 37.1. The van der Waals surface area contributed by atoms with Gasteiger partial charge in [0.15, 0.2) is 0 Å². The Labute approximate surface area is 165 Å². The van der Waals surface area contributed by atoms with Gasteiger partial charge in [0, 0.05) is 24.6 Å². The lowest BCUT2D eigenvalue weighted by Gasteiger charge is -2.55. The molecule has 4 bridgehead atoms. The zero-order valence-electron chi connectivity index (χ0n) is 16.3. The number of benzene rings is 1. The molecule has 0 heterocycles. The van der Waals surface area contributed by atoms with Gasteiger partial charge >= 0.3 is 5.97 Å². The summed E-state index contributed by atoms with van der Waals surface area (Å²) in [7, 11) is 1.47. The third kappa shape index (κ3) is 3.64. The zero-order chi connectivity index (χ0) is 19.9. The quantitative estimate of drug-likeness (QED) is 0.789. The van der Waals surface area contributed by atoms with Gasteiger partial charge in [0.25, 0.3) is 5.91 Å². The molecule has 0 atom stereocenters. The van der Waals surface area contributed by atoms with Gasteiger partial charge in [-0.05, 0) is 74.0 Å². The maximum Gasteiger partial charge on any atom is 0.323 e. The van der Waals surface area contributed by atoms with Gasteiger partial charge in [-0.3, -0.25) is 14.4 Å². The smallest absolute Gasteiger partial charge is 0.323 e. The Balaban J connectivity index is 1.35. The molecule has 150 valence electrons. The van der Waals surface area contributed by atoms with Crippen LogP contribution in [0.3, 0.4) is 0 Å². The third-order valence-electron chi connectivity index (χ3n) is 6.89. The number of nitrogens with zero attached hydrogens (tertiary/aromatic N) is 1. The number of carboxylic acid groups (broad SMARTS) is 1. The predicted octanol–water partition coefficient (Wildman–Crippen LogP) is 2.68. The molecule has 0 aromatic heterocycles. The fourth-order valence-corrected chi connectivity index (χ4v) is 6.02. The van der Waals surface area contributed by atoms with Crippen LogP contribution >= 0.6 is 0 Å². The third-order valence-corrected chi connectivity index (χ3v) is 6.89. The molecule has 6 nitrogen and oxygen atoms in total. The predicted molar refractivity (Wildman–Crippen MR) is 103 cm³/mol. The van der Waals surface area contributed by atoms with Crippen LogP contribution in [0.1, 0.15) is 54.4 Å². The Morgan fingerprint density at radius 1 is 1.04 bits per heavy atom. The first kappa shape index (κ1) is 19.0. The molecule has 1 aromatic rings. The van der Waals surface area contributed by atoms with Gasteiger partial charge < -0.3 is 15.3 Å². The molecule has 0 unspecified atom stereocenters. The van der Waals surface area contributed by atoms with E-state index in [0.717, 1.165) is 42.6 Å². The monoisotopic (exact) mass is 384 g/mol. The molecule has 4 aliphatic rings. The summed E-state index contributed by atoms with van der Waals surface area (Å²) in [6.45, 7) is 0.127. The molecule has 4 saturated carbocycles. The van der Waals surface area contributed by atoms with Crippen molar-refractivity contribution in [1.29, 1.82) is 0 Å². The Bertz CT molecular complexity index is 751. The topological polar surface area (TPSA) is 86.7 Å². The number of likely N-dealkylation sites (N-methyl/N-ethyl adjacent to an activating group) is 1. The van der Waals surface area contributed by atoms with Crippen LogP contribution in [0.25, 0.3) is 0 Å². The van der Waals surface area contributed by atoms with Crippen molar-refractivity contribution in [1.82, 2.24) is 10.2 Å². The Morgan fingerprint density at radius 2 is 1.57 bits per heavy atom.